The van der Waals surface area contributed by atoms with Crippen molar-refractivity contribution in [2.75, 3.05) is 13.2 Å². The van der Waals surface area contributed by atoms with Crippen LogP contribution in [0.4, 0.5) is 4.79 Å². The molecule has 1 aliphatic heterocycles. The average Bonchev–Trinajstić information content (AvgIpc) is 3.38. The van der Waals surface area contributed by atoms with E-state index < -0.39 is 60.7 Å². The lowest BCUT2D eigenvalue weighted by molar-refractivity contribution is -0.294. The highest BCUT2D eigenvalue weighted by Crippen LogP contribution is 2.44. The number of fused-ring (bicyclic) bond motifs is 3. The molecular weight excluding hydrogens is 594 g/mol. The summed E-state index contributed by atoms with van der Waals surface area (Å²) in [6.45, 7) is 4.05. The van der Waals surface area contributed by atoms with Gasteiger partial charge in [-0.1, -0.05) is 85.8 Å². The van der Waals surface area contributed by atoms with Gasteiger partial charge in [-0.3, -0.25) is 4.79 Å². The predicted octanol–water partition coefficient (Wildman–Crippen LogP) is 3.69. The van der Waals surface area contributed by atoms with Gasteiger partial charge in [0, 0.05) is 18.8 Å². The van der Waals surface area contributed by atoms with Crippen LogP contribution in [0.3, 0.4) is 0 Å². The Balaban J connectivity index is 1.28. The molecule has 0 saturated carbocycles. The van der Waals surface area contributed by atoms with Gasteiger partial charge in [0.05, 0.1) is 12.2 Å². The number of hydrogen-bond donors (Lipinski definition) is 3. The molecule has 46 heavy (non-hydrogen) atoms. The van der Waals surface area contributed by atoms with Crippen molar-refractivity contribution in [3.63, 3.8) is 0 Å². The van der Waals surface area contributed by atoms with E-state index in [0.29, 0.717) is 0 Å². The van der Waals surface area contributed by atoms with Crippen LogP contribution < -0.4 is 5.32 Å². The van der Waals surface area contributed by atoms with Crippen molar-refractivity contribution in [3.8, 4) is 11.1 Å². The third kappa shape index (κ3) is 7.56. The van der Waals surface area contributed by atoms with Crippen molar-refractivity contribution in [3.05, 3.63) is 95.6 Å². The second-order valence-electron chi connectivity index (χ2n) is 11.6. The molecule has 3 unspecified atom stereocenters. The molecule has 0 spiro atoms. The fourth-order valence-electron chi connectivity index (χ4n) is 5.81. The number of carbonyl (C=O) groups is 3. The molecule has 3 aromatic rings. The molecule has 1 fully saturated rings. The minimum Gasteiger partial charge on any atom is -0.463 e. The summed E-state index contributed by atoms with van der Waals surface area (Å²) < 4.78 is 28.1. The first-order valence-electron chi connectivity index (χ1n) is 15.3. The third-order valence-corrected chi connectivity index (χ3v) is 8.37. The topological polar surface area (TPSA) is 150 Å². The van der Waals surface area contributed by atoms with Crippen molar-refractivity contribution < 1.29 is 48.3 Å². The standard InChI is InChI=1S/C35H39NO10/c1-20-31(38)32(39)29(19-42-22(3)37)46-34(20)45-21(2)30(33(40)43-17-23-11-5-4-6-12-23)36-35(41)44-18-28-26-15-9-7-13-24(26)25-14-8-10-16-27(25)28/h4-16,20-21,28-32,34,38-39H,17-19H2,1-3H3,(H,36,41)/t20?,21-,29?,30+,31?,32-,34-/m1/s1. The van der Waals surface area contributed by atoms with Gasteiger partial charge < -0.3 is 39.2 Å². The molecule has 11 heteroatoms. The molecule has 1 saturated heterocycles. The SMILES string of the molecule is CC(=O)OCC1O[C@@H](O[C@H](C)[C@H](NC(=O)OCC2c3ccccc3-c3ccccc32)C(=O)OCc2ccccc2)C(C)C(O)[C@@H]1O. The van der Waals surface area contributed by atoms with Crippen LogP contribution in [-0.2, 0) is 39.9 Å². The normalized spacial score (nSPS) is 23.4. The number of alkyl carbamates (subject to hydrolysis) is 1. The number of aliphatic hydroxyl groups is 2. The molecule has 0 bridgehead atoms. The number of carbonyl (C=O) groups excluding carboxylic acids is 3. The second-order valence-corrected chi connectivity index (χ2v) is 11.6. The third-order valence-electron chi connectivity index (χ3n) is 8.37. The van der Waals surface area contributed by atoms with E-state index in [4.69, 9.17) is 23.7 Å². The van der Waals surface area contributed by atoms with E-state index in [9.17, 15) is 24.6 Å². The van der Waals surface area contributed by atoms with Crippen LogP contribution in [0.15, 0.2) is 78.9 Å². The largest absolute Gasteiger partial charge is 0.463 e. The van der Waals surface area contributed by atoms with Gasteiger partial charge in [-0.05, 0) is 34.7 Å². The summed E-state index contributed by atoms with van der Waals surface area (Å²) in [5.41, 5.74) is 4.99. The molecule has 3 aromatic carbocycles. The number of amides is 1. The second kappa shape index (κ2) is 14.9. The number of esters is 2. The van der Waals surface area contributed by atoms with Gasteiger partial charge >= 0.3 is 18.0 Å². The maximum atomic E-state index is 13.4. The Bertz CT molecular complexity index is 1470. The maximum Gasteiger partial charge on any atom is 0.407 e. The molecule has 1 aliphatic carbocycles. The minimum absolute atomic E-state index is 0.0333. The van der Waals surface area contributed by atoms with Gasteiger partial charge in [-0.25, -0.2) is 9.59 Å². The minimum atomic E-state index is -1.34. The van der Waals surface area contributed by atoms with Crippen molar-refractivity contribution in [2.45, 2.75) is 70.0 Å². The fourth-order valence-corrected chi connectivity index (χ4v) is 5.81. The van der Waals surface area contributed by atoms with E-state index in [1.165, 1.54) is 6.92 Å². The number of hydrogen-bond acceptors (Lipinski definition) is 10. The lowest BCUT2D eigenvalue weighted by Crippen LogP contribution is -2.58. The quantitative estimate of drug-likeness (QED) is 0.211. The summed E-state index contributed by atoms with van der Waals surface area (Å²) in [5.74, 6) is -2.27. The van der Waals surface area contributed by atoms with E-state index >= 15 is 0 Å². The summed E-state index contributed by atoms with van der Waals surface area (Å²) in [5, 5.41) is 23.7. The molecule has 1 amide bonds. The zero-order valence-corrected chi connectivity index (χ0v) is 25.9. The van der Waals surface area contributed by atoms with E-state index in [2.05, 4.69) is 5.32 Å². The molecule has 7 atom stereocenters. The van der Waals surface area contributed by atoms with Crippen LogP contribution in [0.25, 0.3) is 11.1 Å². The van der Waals surface area contributed by atoms with Crippen LogP contribution in [0.1, 0.15) is 43.4 Å². The average molecular weight is 634 g/mol. The summed E-state index contributed by atoms with van der Waals surface area (Å²) in [7, 11) is 0. The summed E-state index contributed by atoms with van der Waals surface area (Å²) in [6.07, 6.45) is -6.69. The lowest BCUT2D eigenvalue weighted by Gasteiger charge is -2.42. The van der Waals surface area contributed by atoms with E-state index in [0.717, 1.165) is 27.8 Å². The van der Waals surface area contributed by atoms with E-state index in [-0.39, 0.29) is 25.7 Å². The zero-order valence-electron chi connectivity index (χ0n) is 25.9. The molecule has 1 heterocycles. The van der Waals surface area contributed by atoms with Crippen LogP contribution in [0.5, 0.6) is 0 Å². The first-order valence-corrected chi connectivity index (χ1v) is 15.3. The van der Waals surface area contributed by atoms with Crippen LogP contribution >= 0.6 is 0 Å². The summed E-state index contributed by atoms with van der Waals surface area (Å²) >= 11 is 0. The van der Waals surface area contributed by atoms with Gasteiger partial charge in [-0.15, -0.1) is 0 Å². The molecule has 11 nitrogen and oxygen atoms in total. The molecule has 244 valence electrons. The van der Waals surface area contributed by atoms with Gasteiger partial charge in [0.25, 0.3) is 0 Å². The zero-order chi connectivity index (χ0) is 32.8. The maximum absolute atomic E-state index is 13.4. The van der Waals surface area contributed by atoms with Crippen molar-refractivity contribution in [1.29, 1.82) is 0 Å². The van der Waals surface area contributed by atoms with Crippen molar-refractivity contribution in [2.24, 2.45) is 5.92 Å². The Morgan fingerprint density at radius 2 is 1.43 bits per heavy atom. The lowest BCUT2D eigenvalue weighted by atomic mass is 9.92. The Morgan fingerprint density at radius 3 is 2.07 bits per heavy atom. The van der Waals surface area contributed by atoms with Crippen LogP contribution in [0.2, 0.25) is 0 Å². The predicted molar refractivity (Wildman–Crippen MR) is 165 cm³/mol. The Morgan fingerprint density at radius 1 is 0.826 bits per heavy atom. The highest BCUT2D eigenvalue weighted by Gasteiger charge is 2.45. The molecule has 3 N–H and O–H groups in total. The Kier molecular flexibility index (Phi) is 10.7. The van der Waals surface area contributed by atoms with Crippen LogP contribution in [-0.4, -0.2) is 78.2 Å². The van der Waals surface area contributed by atoms with Gasteiger partial charge in [0.2, 0.25) is 0 Å². The number of benzene rings is 3. The molecular formula is C35H39NO10. The molecule has 0 aromatic heterocycles. The van der Waals surface area contributed by atoms with Gasteiger partial charge in [0.15, 0.2) is 12.3 Å². The van der Waals surface area contributed by atoms with E-state index in [1.807, 2.05) is 66.7 Å². The smallest absolute Gasteiger partial charge is 0.407 e. The monoisotopic (exact) mass is 633 g/mol. The van der Waals surface area contributed by atoms with Crippen molar-refractivity contribution in [1.82, 2.24) is 5.32 Å². The molecule has 5 rings (SSSR count). The number of nitrogens with one attached hydrogen (secondary N) is 1. The number of ether oxygens (including phenoxy) is 5. The first kappa shape index (κ1) is 33.1. The highest BCUT2D eigenvalue weighted by atomic mass is 16.7. The van der Waals surface area contributed by atoms with Gasteiger partial charge in [0.1, 0.15) is 32.0 Å². The molecule has 0 radical (unpaired) electrons. The highest BCUT2D eigenvalue weighted by molar-refractivity contribution is 5.82. The fraction of sp³-hybridized carbons (Fsp3) is 0.400. The summed E-state index contributed by atoms with van der Waals surface area (Å²) in [6, 6.07) is 23.6. The van der Waals surface area contributed by atoms with Crippen molar-refractivity contribution >= 4 is 18.0 Å². The first-order chi connectivity index (χ1) is 22.1. The molecule has 2 aliphatic rings. The van der Waals surface area contributed by atoms with Gasteiger partial charge in [-0.2, -0.15) is 0 Å². The van der Waals surface area contributed by atoms with Crippen LogP contribution in [0, 0.1) is 5.92 Å². The Hall–Kier alpha value is -4.29. The summed E-state index contributed by atoms with van der Waals surface area (Å²) in [4.78, 5) is 38.0. The van der Waals surface area contributed by atoms with E-state index in [1.54, 1.807) is 26.0 Å². The number of aliphatic hydroxyl groups excluding tert-OH is 2. The Labute approximate surface area is 267 Å². The number of rotatable bonds is 11.